The molecule has 1 aliphatic rings. The number of carboxylic acid groups (broad SMARTS) is 1. The minimum atomic E-state index is -0.937. The van der Waals surface area contributed by atoms with E-state index in [1.807, 2.05) is 0 Å². The molecule has 0 aromatic carbocycles. The lowest BCUT2D eigenvalue weighted by molar-refractivity contribution is -0.140. The summed E-state index contributed by atoms with van der Waals surface area (Å²) in [5.41, 5.74) is -0.955. The van der Waals surface area contributed by atoms with Gasteiger partial charge in [0.15, 0.2) is 0 Å². The Morgan fingerprint density at radius 3 is 2.79 bits per heavy atom. The Bertz CT molecular complexity index is 450. The van der Waals surface area contributed by atoms with Crippen molar-refractivity contribution < 1.29 is 9.90 Å². The summed E-state index contributed by atoms with van der Waals surface area (Å²) in [4.78, 5) is 28.5. The molecule has 0 atom stereocenters. The number of carbonyl (C=O) groups is 1. The number of halogens is 1. The van der Waals surface area contributed by atoms with Gasteiger partial charge in [-0.2, -0.15) is 0 Å². The third-order valence-electron chi connectivity index (χ3n) is 2.41. The van der Waals surface area contributed by atoms with Crippen molar-refractivity contribution in [2.45, 2.75) is 18.3 Å². The Kier molecular flexibility index (Phi) is 1.95. The lowest BCUT2D eigenvalue weighted by Crippen LogP contribution is -2.25. The Hall–Kier alpha value is -1.17. The van der Waals surface area contributed by atoms with Crippen LogP contribution in [0.5, 0.6) is 0 Å². The largest absolute Gasteiger partial charge is 0.481 e. The zero-order valence-electron chi connectivity index (χ0n) is 7.08. The second kappa shape index (κ2) is 2.91. The van der Waals surface area contributed by atoms with Crippen molar-refractivity contribution in [1.82, 2.24) is 9.97 Å². The smallest absolute Gasteiger partial charge is 0.315 e. The van der Waals surface area contributed by atoms with E-state index in [-0.39, 0.29) is 10.0 Å². The van der Waals surface area contributed by atoms with E-state index in [0.717, 1.165) is 0 Å². The third-order valence-corrected chi connectivity index (χ3v) is 3.14. The molecule has 14 heavy (non-hydrogen) atoms. The van der Waals surface area contributed by atoms with E-state index >= 15 is 0 Å². The van der Waals surface area contributed by atoms with Gasteiger partial charge in [-0.05, 0) is 28.8 Å². The Morgan fingerprint density at radius 2 is 2.29 bits per heavy atom. The van der Waals surface area contributed by atoms with Crippen molar-refractivity contribution in [1.29, 1.82) is 0 Å². The fraction of sp³-hybridized carbons (Fsp3) is 0.375. The van der Waals surface area contributed by atoms with Gasteiger partial charge in [0.1, 0.15) is 9.89 Å². The molecule has 0 aliphatic heterocycles. The third kappa shape index (κ3) is 1.18. The van der Waals surface area contributed by atoms with Crippen LogP contribution in [0.4, 0.5) is 0 Å². The van der Waals surface area contributed by atoms with Crippen LogP contribution in [-0.2, 0) is 10.2 Å². The molecule has 0 unspecified atom stereocenters. The van der Waals surface area contributed by atoms with E-state index in [2.05, 4.69) is 25.9 Å². The number of nitrogens with one attached hydrogen (secondary N) is 1. The van der Waals surface area contributed by atoms with Crippen LogP contribution in [0.1, 0.15) is 18.5 Å². The molecule has 1 aromatic rings. The minimum Gasteiger partial charge on any atom is -0.481 e. The van der Waals surface area contributed by atoms with E-state index in [1.165, 1.54) is 6.33 Å². The van der Waals surface area contributed by atoms with Crippen LogP contribution < -0.4 is 5.56 Å². The first-order valence-electron chi connectivity index (χ1n) is 4.05. The van der Waals surface area contributed by atoms with Gasteiger partial charge in [-0.3, -0.25) is 9.59 Å². The summed E-state index contributed by atoms with van der Waals surface area (Å²) >= 11 is 3.05. The molecule has 74 valence electrons. The van der Waals surface area contributed by atoms with Crippen LogP contribution in [-0.4, -0.2) is 21.0 Å². The van der Waals surface area contributed by atoms with Crippen molar-refractivity contribution in [2.24, 2.45) is 0 Å². The quantitative estimate of drug-likeness (QED) is 0.816. The first kappa shape index (κ1) is 9.39. The molecule has 0 spiro atoms. The maximum Gasteiger partial charge on any atom is 0.315 e. The molecule has 1 saturated carbocycles. The average molecular weight is 259 g/mol. The molecule has 5 nitrogen and oxygen atoms in total. The molecule has 0 bridgehead atoms. The highest BCUT2D eigenvalue weighted by atomic mass is 79.9. The molecule has 1 fully saturated rings. The van der Waals surface area contributed by atoms with E-state index in [0.29, 0.717) is 18.5 Å². The Morgan fingerprint density at radius 1 is 1.64 bits per heavy atom. The molecular formula is C8H7BrN2O3. The van der Waals surface area contributed by atoms with Gasteiger partial charge in [-0.25, -0.2) is 4.98 Å². The summed E-state index contributed by atoms with van der Waals surface area (Å²) in [5, 5.41) is 9.00. The summed E-state index contributed by atoms with van der Waals surface area (Å²) in [5.74, 6) is -0.920. The monoisotopic (exact) mass is 258 g/mol. The number of H-pyrrole nitrogens is 1. The van der Waals surface area contributed by atoms with Crippen LogP contribution in [0.25, 0.3) is 0 Å². The van der Waals surface area contributed by atoms with E-state index < -0.39 is 11.4 Å². The number of hydrogen-bond donors (Lipinski definition) is 2. The maximum atomic E-state index is 11.2. The van der Waals surface area contributed by atoms with Gasteiger partial charge < -0.3 is 10.1 Å². The van der Waals surface area contributed by atoms with Gasteiger partial charge >= 0.3 is 5.97 Å². The molecule has 0 amide bonds. The van der Waals surface area contributed by atoms with E-state index in [1.54, 1.807) is 0 Å². The normalized spacial score (nSPS) is 17.8. The minimum absolute atomic E-state index is 0.222. The average Bonchev–Trinajstić information content (AvgIpc) is 2.90. The first-order chi connectivity index (χ1) is 6.58. The van der Waals surface area contributed by atoms with Crippen molar-refractivity contribution in [3.8, 4) is 0 Å². The molecule has 1 aliphatic carbocycles. The highest BCUT2D eigenvalue weighted by molar-refractivity contribution is 9.10. The summed E-state index contributed by atoms with van der Waals surface area (Å²) in [6, 6.07) is 0. The van der Waals surface area contributed by atoms with Crippen LogP contribution in [0.3, 0.4) is 0 Å². The predicted molar refractivity (Wildman–Crippen MR) is 51.1 cm³/mol. The summed E-state index contributed by atoms with van der Waals surface area (Å²) in [7, 11) is 0. The molecule has 2 rings (SSSR count). The van der Waals surface area contributed by atoms with Gasteiger partial charge in [0, 0.05) is 0 Å². The van der Waals surface area contributed by atoms with Crippen molar-refractivity contribution >= 4 is 21.9 Å². The number of carboxylic acids is 1. The molecule has 0 radical (unpaired) electrons. The van der Waals surface area contributed by atoms with E-state index in [4.69, 9.17) is 5.11 Å². The highest BCUT2D eigenvalue weighted by Gasteiger charge is 2.54. The predicted octanol–water partition coefficient (Wildman–Crippen LogP) is 0.649. The second-order valence-corrected chi connectivity index (χ2v) is 4.07. The van der Waals surface area contributed by atoms with Gasteiger partial charge in [0.2, 0.25) is 0 Å². The first-order valence-corrected chi connectivity index (χ1v) is 4.84. The fourth-order valence-corrected chi connectivity index (χ4v) is 1.99. The summed E-state index contributed by atoms with van der Waals surface area (Å²) in [6.07, 6.45) is 2.31. The standard InChI is InChI=1S/C8H7BrN2O3/c9-4-5(10-3-11-6(4)12)8(1-2-8)7(13)14/h3H,1-2H2,(H,13,14)(H,10,11,12). The van der Waals surface area contributed by atoms with Gasteiger partial charge in [0.25, 0.3) is 5.56 Å². The SMILES string of the molecule is O=C(O)C1(c2nc[nH]c(=O)c2Br)CC1. The molecule has 6 heteroatoms. The molecular weight excluding hydrogens is 252 g/mol. The Labute approximate surface area is 87.3 Å². The van der Waals surface area contributed by atoms with Gasteiger partial charge in [-0.15, -0.1) is 0 Å². The van der Waals surface area contributed by atoms with Crippen LogP contribution in [0.15, 0.2) is 15.6 Å². The number of nitrogens with zero attached hydrogens (tertiary/aromatic N) is 1. The number of rotatable bonds is 2. The van der Waals surface area contributed by atoms with Gasteiger partial charge in [0.05, 0.1) is 12.0 Å². The zero-order chi connectivity index (χ0) is 10.3. The van der Waals surface area contributed by atoms with E-state index in [9.17, 15) is 9.59 Å². The topological polar surface area (TPSA) is 83.0 Å². The molecule has 2 N–H and O–H groups in total. The summed E-state index contributed by atoms with van der Waals surface area (Å²) in [6.45, 7) is 0. The fourth-order valence-electron chi connectivity index (χ4n) is 1.39. The molecule has 1 heterocycles. The lowest BCUT2D eigenvalue weighted by Gasteiger charge is -2.09. The number of hydrogen-bond acceptors (Lipinski definition) is 3. The van der Waals surface area contributed by atoms with Crippen LogP contribution >= 0.6 is 15.9 Å². The number of aromatic amines is 1. The van der Waals surface area contributed by atoms with Crippen molar-refractivity contribution in [2.75, 3.05) is 0 Å². The second-order valence-electron chi connectivity index (χ2n) is 3.28. The summed E-state index contributed by atoms with van der Waals surface area (Å²) < 4.78 is 0.222. The lowest BCUT2D eigenvalue weighted by atomic mass is 10.0. The molecule has 1 aromatic heterocycles. The number of aromatic nitrogens is 2. The maximum absolute atomic E-state index is 11.2. The van der Waals surface area contributed by atoms with Crippen molar-refractivity contribution in [3.05, 3.63) is 26.8 Å². The zero-order valence-corrected chi connectivity index (χ0v) is 8.67. The number of aliphatic carboxylic acids is 1. The van der Waals surface area contributed by atoms with Gasteiger partial charge in [-0.1, -0.05) is 0 Å². The molecule has 0 saturated heterocycles. The van der Waals surface area contributed by atoms with Crippen LogP contribution in [0.2, 0.25) is 0 Å². The highest BCUT2D eigenvalue weighted by Crippen LogP contribution is 2.48. The van der Waals surface area contributed by atoms with Crippen LogP contribution in [0, 0.1) is 0 Å². The van der Waals surface area contributed by atoms with Crippen molar-refractivity contribution in [3.63, 3.8) is 0 Å². The Balaban J connectivity index is 2.58.